The van der Waals surface area contributed by atoms with E-state index in [1.165, 1.54) is 17.0 Å². The fourth-order valence-electron chi connectivity index (χ4n) is 5.13. The number of hydrogen-bond donors (Lipinski definition) is 1. The van der Waals surface area contributed by atoms with Crippen molar-refractivity contribution in [1.29, 1.82) is 0 Å². The van der Waals surface area contributed by atoms with E-state index in [-0.39, 0.29) is 24.0 Å². The zero-order valence-electron chi connectivity index (χ0n) is 23.8. The first-order valence-corrected chi connectivity index (χ1v) is 15.6. The Balaban J connectivity index is 1.31. The predicted octanol–water partition coefficient (Wildman–Crippen LogP) is 3.21. The van der Waals surface area contributed by atoms with Gasteiger partial charge in [-0.05, 0) is 62.7 Å². The third kappa shape index (κ3) is 6.22. The highest BCUT2D eigenvalue weighted by Gasteiger charge is 2.38. The molecule has 0 spiro atoms. The SMILES string of the molecule is Cc1ncc2n1C(=O)N(N1CCN(C(=O)[C@@H](CS(=O)(=O)c3ccc4cc(Cl)ccc4c3)NC(=O)OC(C)(C)C)CC1)C2. The van der Waals surface area contributed by atoms with Crippen LogP contribution in [0.3, 0.4) is 0 Å². The zero-order chi connectivity index (χ0) is 30.4. The van der Waals surface area contributed by atoms with Gasteiger partial charge < -0.3 is 15.0 Å². The van der Waals surface area contributed by atoms with Crippen LogP contribution in [0.4, 0.5) is 9.59 Å². The number of rotatable bonds is 6. The van der Waals surface area contributed by atoms with E-state index in [2.05, 4.69) is 10.3 Å². The molecule has 224 valence electrons. The van der Waals surface area contributed by atoms with Crippen LogP contribution in [0.15, 0.2) is 47.5 Å². The average Bonchev–Trinajstić information content (AvgIpc) is 3.45. The molecule has 0 saturated carbocycles. The van der Waals surface area contributed by atoms with E-state index in [1.807, 2.05) is 5.01 Å². The summed E-state index contributed by atoms with van der Waals surface area (Å²) in [5.41, 5.74) is -0.0590. The van der Waals surface area contributed by atoms with Gasteiger partial charge in [0.25, 0.3) is 0 Å². The van der Waals surface area contributed by atoms with Crippen LogP contribution in [0, 0.1) is 6.92 Å². The minimum Gasteiger partial charge on any atom is -0.444 e. The van der Waals surface area contributed by atoms with E-state index in [9.17, 15) is 22.8 Å². The molecule has 12 nitrogen and oxygen atoms in total. The predicted molar refractivity (Wildman–Crippen MR) is 156 cm³/mol. The largest absolute Gasteiger partial charge is 0.444 e. The second kappa shape index (κ2) is 11.2. The Bertz CT molecular complexity index is 1660. The fraction of sp³-hybridized carbons (Fsp3) is 0.429. The lowest BCUT2D eigenvalue weighted by Crippen LogP contribution is -2.59. The summed E-state index contributed by atoms with van der Waals surface area (Å²) in [5.74, 6) is -0.592. The standard InChI is InChI=1S/C28H33ClN6O6S/c1-18-30-15-22-16-34(27(38)35(18)22)33-11-9-32(10-12-33)25(36)24(31-26(37)41-28(2,3)4)17-42(39,40)23-8-6-19-13-21(29)7-5-20(19)14-23/h5-8,13-15,24H,9-12,16-17H2,1-4H3,(H,31,37)/t24-/m1/s1. The maximum atomic E-state index is 13.7. The molecule has 2 aromatic carbocycles. The van der Waals surface area contributed by atoms with Gasteiger partial charge in [0.1, 0.15) is 17.5 Å². The number of carbonyl (C=O) groups excluding carboxylic acids is 3. The van der Waals surface area contributed by atoms with Crippen LogP contribution >= 0.6 is 11.6 Å². The van der Waals surface area contributed by atoms with Gasteiger partial charge in [-0.1, -0.05) is 23.7 Å². The summed E-state index contributed by atoms with van der Waals surface area (Å²) >= 11 is 6.06. The highest BCUT2D eigenvalue weighted by Crippen LogP contribution is 2.25. The maximum absolute atomic E-state index is 13.7. The molecule has 2 aliphatic rings. The molecule has 1 fully saturated rings. The van der Waals surface area contributed by atoms with Crippen molar-refractivity contribution in [3.63, 3.8) is 0 Å². The van der Waals surface area contributed by atoms with E-state index in [4.69, 9.17) is 16.3 Å². The number of benzene rings is 2. The van der Waals surface area contributed by atoms with E-state index in [1.54, 1.807) is 67.7 Å². The molecule has 0 radical (unpaired) electrons. The number of imidazole rings is 1. The van der Waals surface area contributed by atoms with Gasteiger partial charge in [0.2, 0.25) is 5.91 Å². The molecule has 1 N–H and O–H groups in total. The van der Waals surface area contributed by atoms with Crippen molar-refractivity contribution in [1.82, 2.24) is 29.8 Å². The first kappa shape index (κ1) is 29.8. The Morgan fingerprint density at radius 1 is 1.07 bits per heavy atom. The molecule has 0 bridgehead atoms. The van der Waals surface area contributed by atoms with Crippen molar-refractivity contribution in [2.24, 2.45) is 0 Å². The molecule has 5 rings (SSSR count). The lowest BCUT2D eigenvalue weighted by molar-refractivity contribution is -0.137. The lowest BCUT2D eigenvalue weighted by Gasteiger charge is -2.39. The normalized spacial score (nSPS) is 16.9. The summed E-state index contributed by atoms with van der Waals surface area (Å²) in [6, 6.07) is 8.16. The van der Waals surface area contributed by atoms with Crippen molar-refractivity contribution < 1.29 is 27.5 Å². The molecule has 3 heterocycles. The third-order valence-corrected chi connectivity index (χ3v) is 9.13. The minimum atomic E-state index is -4.02. The number of nitrogens with zero attached hydrogens (tertiary/aromatic N) is 5. The van der Waals surface area contributed by atoms with Crippen LogP contribution in [0.25, 0.3) is 10.8 Å². The Kier molecular flexibility index (Phi) is 7.94. The monoisotopic (exact) mass is 616 g/mol. The lowest BCUT2D eigenvalue weighted by atomic mass is 10.1. The van der Waals surface area contributed by atoms with Gasteiger partial charge in [-0.25, -0.2) is 32.6 Å². The number of hydrogen-bond acceptors (Lipinski definition) is 8. The number of piperazine rings is 1. The number of carbonyl (C=O) groups is 3. The molecule has 1 aromatic heterocycles. The molecular formula is C28H33ClN6O6S. The van der Waals surface area contributed by atoms with Crippen molar-refractivity contribution in [3.05, 3.63) is 59.1 Å². The summed E-state index contributed by atoms with van der Waals surface area (Å²) in [5, 5.41) is 7.96. The molecule has 3 amide bonds. The molecule has 1 saturated heterocycles. The number of aryl methyl sites for hydroxylation is 1. The number of sulfone groups is 1. The molecule has 0 unspecified atom stereocenters. The van der Waals surface area contributed by atoms with Gasteiger partial charge >= 0.3 is 12.1 Å². The summed E-state index contributed by atoms with van der Waals surface area (Å²) in [7, 11) is -4.02. The minimum absolute atomic E-state index is 0.0205. The summed E-state index contributed by atoms with van der Waals surface area (Å²) in [6.45, 7) is 8.35. The number of halogens is 1. The Morgan fingerprint density at radius 3 is 2.40 bits per heavy atom. The van der Waals surface area contributed by atoms with Gasteiger partial charge in [0, 0.05) is 31.2 Å². The van der Waals surface area contributed by atoms with Crippen molar-refractivity contribution in [3.8, 4) is 0 Å². The van der Waals surface area contributed by atoms with Crippen molar-refractivity contribution in [2.45, 2.75) is 50.8 Å². The molecular weight excluding hydrogens is 584 g/mol. The number of fused-ring (bicyclic) bond motifs is 2. The van der Waals surface area contributed by atoms with E-state index in [0.717, 1.165) is 11.1 Å². The van der Waals surface area contributed by atoms with Crippen LogP contribution in [-0.4, -0.2) is 94.5 Å². The van der Waals surface area contributed by atoms with Gasteiger partial charge in [-0.3, -0.25) is 9.80 Å². The molecule has 1 atom stereocenters. The second-order valence-corrected chi connectivity index (χ2v) is 13.9. The quantitative estimate of drug-likeness (QED) is 0.446. The molecule has 14 heteroatoms. The number of aromatic nitrogens is 2. The Labute approximate surface area is 249 Å². The van der Waals surface area contributed by atoms with Gasteiger partial charge in [-0.2, -0.15) is 0 Å². The number of alkyl carbamates (subject to hydrolysis) is 1. The highest BCUT2D eigenvalue weighted by atomic mass is 35.5. The topological polar surface area (TPSA) is 134 Å². The molecule has 0 aliphatic carbocycles. The Hall–Kier alpha value is -3.68. The van der Waals surface area contributed by atoms with Crippen LogP contribution in [-0.2, 0) is 25.9 Å². The number of amides is 3. The fourth-order valence-corrected chi connectivity index (χ4v) is 6.75. The third-order valence-electron chi connectivity index (χ3n) is 7.15. The Morgan fingerprint density at radius 2 is 1.74 bits per heavy atom. The number of ether oxygens (including phenoxy) is 1. The van der Waals surface area contributed by atoms with Crippen LogP contribution in [0.5, 0.6) is 0 Å². The smallest absolute Gasteiger partial charge is 0.408 e. The van der Waals surface area contributed by atoms with Crippen molar-refractivity contribution in [2.75, 3.05) is 31.9 Å². The highest BCUT2D eigenvalue weighted by molar-refractivity contribution is 7.91. The number of nitrogens with one attached hydrogen (secondary N) is 1. The van der Waals surface area contributed by atoms with Gasteiger partial charge in [-0.15, -0.1) is 0 Å². The first-order valence-electron chi connectivity index (χ1n) is 13.5. The second-order valence-electron chi connectivity index (χ2n) is 11.4. The van der Waals surface area contributed by atoms with E-state index < -0.39 is 39.2 Å². The van der Waals surface area contributed by atoms with Gasteiger partial charge in [0.15, 0.2) is 9.84 Å². The number of hydrazine groups is 1. The molecule has 3 aromatic rings. The van der Waals surface area contributed by atoms with Crippen LogP contribution in [0.1, 0.15) is 32.3 Å². The van der Waals surface area contributed by atoms with Crippen molar-refractivity contribution >= 4 is 50.2 Å². The summed E-state index contributed by atoms with van der Waals surface area (Å²) in [6.07, 6.45) is 0.779. The van der Waals surface area contributed by atoms with E-state index >= 15 is 0 Å². The average molecular weight is 617 g/mol. The molecule has 2 aliphatic heterocycles. The first-order chi connectivity index (χ1) is 19.7. The maximum Gasteiger partial charge on any atom is 0.408 e. The molecule has 42 heavy (non-hydrogen) atoms. The van der Waals surface area contributed by atoms with E-state index in [0.29, 0.717) is 35.9 Å². The zero-order valence-corrected chi connectivity index (χ0v) is 25.4. The summed E-state index contributed by atoms with van der Waals surface area (Å²) in [4.78, 5) is 45.0. The van der Waals surface area contributed by atoms with Crippen LogP contribution < -0.4 is 5.32 Å². The van der Waals surface area contributed by atoms with Gasteiger partial charge in [0.05, 0.1) is 29.1 Å². The van der Waals surface area contributed by atoms with Crippen LogP contribution in [0.2, 0.25) is 5.02 Å². The summed E-state index contributed by atoms with van der Waals surface area (Å²) < 4.78 is 34.0.